The first-order valence-electron chi connectivity index (χ1n) is 6.98. The van der Waals surface area contributed by atoms with Crippen LogP contribution in [0, 0.1) is 0 Å². The van der Waals surface area contributed by atoms with E-state index in [9.17, 15) is 9.59 Å². The van der Waals surface area contributed by atoms with E-state index in [4.69, 9.17) is 16.3 Å². The molecule has 0 aromatic heterocycles. The summed E-state index contributed by atoms with van der Waals surface area (Å²) in [6.07, 6.45) is 1.62. The standard InChI is InChI=1S/C15H19ClN2O3/c1-15(7-4-10-21-15)14(20)18-9-8-17-13(19)11-5-2-3-6-12(11)16/h2-3,5-6H,4,7-10H2,1H3,(H,17,19)(H,18,20)/t15-/m1/s1. The molecule has 0 unspecified atom stereocenters. The molecule has 114 valence electrons. The molecule has 5 nitrogen and oxygen atoms in total. The van der Waals surface area contributed by atoms with Gasteiger partial charge in [0.1, 0.15) is 5.60 Å². The van der Waals surface area contributed by atoms with Crippen molar-refractivity contribution in [3.63, 3.8) is 0 Å². The maximum Gasteiger partial charge on any atom is 0.252 e. The van der Waals surface area contributed by atoms with Gasteiger partial charge in [-0.05, 0) is 31.9 Å². The van der Waals surface area contributed by atoms with Gasteiger partial charge in [0.25, 0.3) is 11.8 Å². The van der Waals surface area contributed by atoms with Gasteiger partial charge in [-0.25, -0.2) is 0 Å². The number of rotatable bonds is 5. The lowest BCUT2D eigenvalue weighted by Crippen LogP contribution is -2.46. The van der Waals surface area contributed by atoms with Crippen molar-refractivity contribution < 1.29 is 14.3 Å². The molecule has 0 saturated carbocycles. The van der Waals surface area contributed by atoms with Gasteiger partial charge < -0.3 is 15.4 Å². The maximum absolute atomic E-state index is 12.0. The zero-order valence-electron chi connectivity index (χ0n) is 11.9. The lowest BCUT2D eigenvalue weighted by atomic mass is 10.0. The van der Waals surface area contributed by atoms with E-state index >= 15 is 0 Å². The summed E-state index contributed by atoms with van der Waals surface area (Å²) < 4.78 is 5.45. The first-order chi connectivity index (χ1) is 10.0. The molecule has 6 heteroatoms. The van der Waals surface area contributed by atoms with E-state index in [2.05, 4.69) is 10.6 Å². The van der Waals surface area contributed by atoms with Crippen molar-refractivity contribution in [1.29, 1.82) is 0 Å². The molecule has 1 aliphatic rings. The van der Waals surface area contributed by atoms with Crippen LogP contribution in [0.2, 0.25) is 5.02 Å². The van der Waals surface area contributed by atoms with E-state index in [1.807, 2.05) is 0 Å². The van der Waals surface area contributed by atoms with Crippen LogP contribution in [-0.4, -0.2) is 37.1 Å². The molecule has 1 fully saturated rings. The number of ether oxygens (including phenoxy) is 1. The topological polar surface area (TPSA) is 67.4 Å². The fourth-order valence-electron chi connectivity index (χ4n) is 2.24. The molecular formula is C15H19ClN2O3. The Labute approximate surface area is 129 Å². The van der Waals surface area contributed by atoms with Crippen LogP contribution in [0.5, 0.6) is 0 Å². The van der Waals surface area contributed by atoms with Gasteiger partial charge in [0, 0.05) is 19.7 Å². The molecule has 1 atom stereocenters. The number of benzene rings is 1. The minimum atomic E-state index is -0.729. The Kier molecular flexibility index (Phi) is 5.20. The lowest BCUT2D eigenvalue weighted by Gasteiger charge is -2.21. The number of nitrogens with one attached hydrogen (secondary N) is 2. The van der Waals surface area contributed by atoms with Crippen LogP contribution in [0.15, 0.2) is 24.3 Å². The average molecular weight is 311 g/mol. The third kappa shape index (κ3) is 3.95. The Hall–Kier alpha value is -1.59. The molecule has 0 bridgehead atoms. The minimum absolute atomic E-state index is 0.132. The summed E-state index contributed by atoms with van der Waals surface area (Å²) in [5, 5.41) is 5.90. The summed E-state index contributed by atoms with van der Waals surface area (Å²) in [6.45, 7) is 3.10. The first kappa shape index (κ1) is 15.8. The van der Waals surface area contributed by atoms with Crippen LogP contribution in [0.25, 0.3) is 0 Å². The first-order valence-corrected chi connectivity index (χ1v) is 7.36. The second-order valence-electron chi connectivity index (χ2n) is 5.17. The molecule has 2 N–H and O–H groups in total. The van der Waals surface area contributed by atoms with Crippen LogP contribution in [0.4, 0.5) is 0 Å². The van der Waals surface area contributed by atoms with Gasteiger partial charge in [-0.2, -0.15) is 0 Å². The Morgan fingerprint density at radius 3 is 2.67 bits per heavy atom. The van der Waals surface area contributed by atoms with Gasteiger partial charge in [0.2, 0.25) is 0 Å². The lowest BCUT2D eigenvalue weighted by molar-refractivity contribution is -0.139. The van der Waals surface area contributed by atoms with E-state index < -0.39 is 5.60 Å². The van der Waals surface area contributed by atoms with Crippen LogP contribution in [0.3, 0.4) is 0 Å². The van der Waals surface area contributed by atoms with Crippen LogP contribution >= 0.6 is 11.6 Å². The molecule has 0 spiro atoms. The highest BCUT2D eigenvalue weighted by atomic mass is 35.5. The van der Waals surface area contributed by atoms with Gasteiger partial charge in [-0.1, -0.05) is 23.7 Å². The zero-order chi connectivity index (χ0) is 15.3. The van der Waals surface area contributed by atoms with E-state index in [0.717, 1.165) is 12.8 Å². The van der Waals surface area contributed by atoms with Gasteiger partial charge >= 0.3 is 0 Å². The normalized spacial score (nSPS) is 21.0. The number of amides is 2. The summed E-state index contributed by atoms with van der Waals surface area (Å²) in [5.74, 6) is -0.384. The SMILES string of the molecule is C[C@]1(C(=O)NCCNC(=O)c2ccccc2Cl)CCCO1. The fraction of sp³-hybridized carbons (Fsp3) is 0.467. The summed E-state index contributed by atoms with van der Waals surface area (Å²) in [5.41, 5.74) is -0.302. The van der Waals surface area contributed by atoms with Crippen LogP contribution in [-0.2, 0) is 9.53 Å². The Bertz CT molecular complexity index is 527. The van der Waals surface area contributed by atoms with Gasteiger partial charge in [-0.15, -0.1) is 0 Å². The number of hydrogen-bond acceptors (Lipinski definition) is 3. The number of carbonyl (C=O) groups excluding carboxylic acids is 2. The van der Waals surface area contributed by atoms with E-state index in [1.165, 1.54) is 0 Å². The molecule has 2 rings (SSSR count). The Morgan fingerprint density at radius 2 is 2.00 bits per heavy atom. The molecule has 1 aliphatic heterocycles. The predicted octanol–water partition coefficient (Wildman–Crippen LogP) is 1.76. The maximum atomic E-state index is 12.0. The quantitative estimate of drug-likeness (QED) is 0.814. The molecule has 1 aromatic carbocycles. The van der Waals surface area contributed by atoms with Crippen molar-refractivity contribution >= 4 is 23.4 Å². The second-order valence-corrected chi connectivity index (χ2v) is 5.58. The summed E-state index contributed by atoms with van der Waals surface area (Å²) in [4.78, 5) is 23.9. The summed E-state index contributed by atoms with van der Waals surface area (Å²) in [7, 11) is 0. The summed E-state index contributed by atoms with van der Waals surface area (Å²) >= 11 is 5.94. The van der Waals surface area contributed by atoms with Crippen molar-refractivity contribution in [2.24, 2.45) is 0 Å². The molecule has 0 radical (unpaired) electrons. The third-order valence-corrected chi connectivity index (χ3v) is 3.84. The predicted molar refractivity (Wildman–Crippen MR) is 80.4 cm³/mol. The van der Waals surface area contributed by atoms with Gasteiger partial charge in [0.05, 0.1) is 10.6 Å². The Balaban J connectivity index is 1.74. The van der Waals surface area contributed by atoms with Crippen molar-refractivity contribution in [3.8, 4) is 0 Å². The molecule has 2 amide bonds. The smallest absolute Gasteiger partial charge is 0.252 e. The van der Waals surface area contributed by atoms with Crippen molar-refractivity contribution in [1.82, 2.24) is 10.6 Å². The molecular weight excluding hydrogens is 292 g/mol. The van der Waals surface area contributed by atoms with E-state index in [-0.39, 0.29) is 11.8 Å². The third-order valence-electron chi connectivity index (χ3n) is 3.51. The monoisotopic (exact) mass is 310 g/mol. The van der Waals surface area contributed by atoms with E-state index in [0.29, 0.717) is 30.3 Å². The largest absolute Gasteiger partial charge is 0.365 e. The van der Waals surface area contributed by atoms with Crippen molar-refractivity contribution in [2.45, 2.75) is 25.4 Å². The highest BCUT2D eigenvalue weighted by Crippen LogP contribution is 2.24. The van der Waals surface area contributed by atoms with Crippen molar-refractivity contribution in [2.75, 3.05) is 19.7 Å². The average Bonchev–Trinajstić information content (AvgIpc) is 2.92. The van der Waals surface area contributed by atoms with Crippen LogP contribution < -0.4 is 10.6 Å². The van der Waals surface area contributed by atoms with Gasteiger partial charge in [-0.3, -0.25) is 9.59 Å². The molecule has 1 aromatic rings. The van der Waals surface area contributed by atoms with E-state index in [1.54, 1.807) is 31.2 Å². The second kappa shape index (κ2) is 6.91. The highest BCUT2D eigenvalue weighted by Gasteiger charge is 2.37. The number of carbonyl (C=O) groups is 2. The highest BCUT2D eigenvalue weighted by molar-refractivity contribution is 6.33. The molecule has 1 heterocycles. The fourth-order valence-corrected chi connectivity index (χ4v) is 2.46. The number of halogens is 1. The zero-order valence-corrected chi connectivity index (χ0v) is 12.7. The van der Waals surface area contributed by atoms with Gasteiger partial charge in [0.15, 0.2) is 0 Å². The molecule has 0 aliphatic carbocycles. The molecule has 21 heavy (non-hydrogen) atoms. The molecule has 1 saturated heterocycles. The number of hydrogen-bond donors (Lipinski definition) is 2. The minimum Gasteiger partial charge on any atom is -0.365 e. The van der Waals surface area contributed by atoms with Crippen LogP contribution in [0.1, 0.15) is 30.1 Å². The summed E-state index contributed by atoms with van der Waals surface area (Å²) in [6, 6.07) is 6.84. The Morgan fingerprint density at radius 1 is 1.29 bits per heavy atom. The van der Waals surface area contributed by atoms with Crippen molar-refractivity contribution in [3.05, 3.63) is 34.9 Å².